The number of carbonyl (C=O) groups is 1. The number of thiocarbonyl (C=S) groups is 1. The largest absolute Gasteiger partial charge is 0.391 e. The summed E-state index contributed by atoms with van der Waals surface area (Å²) in [5, 5.41) is 3.06. The number of carbonyl (C=O) groups excluding carboxylic acids is 1. The van der Waals surface area contributed by atoms with Gasteiger partial charge < -0.3 is 15.8 Å². The van der Waals surface area contributed by atoms with Crippen LogP contribution in [0.1, 0.15) is 45.4 Å². The van der Waals surface area contributed by atoms with E-state index in [2.05, 4.69) is 12.2 Å². The zero-order chi connectivity index (χ0) is 13.2. The van der Waals surface area contributed by atoms with Crippen molar-refractivity contribution in [3.8, 4) is 0 Å². The van der Waals surface area contributed by atoms with Gasteiger partial charge in [-0.3, -0.25) is 4.79 Å². The molecule has 2 fully saturated rings. The molecule has 1 saturated carbocycles. The van der Waals surface area contributed by atoms with E-state index in [0.29, 0.717) is 17.5 Å². The highest BCUT2D eigenvalue weighted by molar-refractivity contribution is 7.80. The van der Waals surface area contributed by atoms with E-state index in [-0.39, 0.29) is 12.0 Å². The Morgan fingerprint density at radius 3 is 2.56 bits per heavy atom. The van der Waals surface area contributed by atoms with Gasteiger partial charge in [-0.25, -0.2) is 0 Å². The molecule has 1 saturated heterocycles. The lowest BCUT2D eigenvalue weighted by Gasteiger charge is -2.39. The molecular formula is C13H22N2O2S. The molecule has 1 amide bonds. The number of rotatable bonds is 3. The summed E-state index contributed by atoms with van der Waals surface area (Å²) in [6, 6.07) is 0. The van der Waals surface area contributed by atoms with Gasteiger partial charge in [0, 0.05) is 6.61 Å². The molecule has 0 aromatic carbocycles. The van der Waals surface area contributed by atoms with E-state index >= 15 is 0 Å². The van der Waals surface area contributed by atoms with Crippen molar-refractivity contribution in [2.45, 2.75) is 57.1 Å². The first-order valence-electron chi connectivity index (χ1n) is 6.77. The summed E-state index contributed by atoms with van der Waals surface area (Å²) in [7, 11) is 0. The Labute approximate surface area is 114 Å². The number of nitrogens with one attached hydrogen (secondary N) is 1. The van der Waals surface area contributed by atoms with Crippen LogP contribution in [0.15, 0.2) is 0 Å². The van der Waals surface area contributed by atoms with Gasteiger partial charge >= 0.3 is 0 Å². The molecule has 5 heteroatoms. The summed E-state index contributed by atoms with van der Waals surface area (Å²) >= 11 is 5.18. The van der Waals surface area contributed by atoms with Gasteiger partial charge in [-0.15, -0.1) is 0 Å². The zero-order valence-corrected chi connectivity index (χ0v) is 11.7. The third kappa shape index (κ3) is 2.83. The Bertz CT molecular complexity index is 332. The number of amides is 1. The second kappa shape index (κ2) is 5.53. The molecule has 18 heavy (non-hydrogen) atoms. The van der Waals surface area contributed by atoms with Gasteiger partial charge in [0.25, 0.3) is 0 Å². The van der Waals surface area contributed by atoms with Crippen LogP contribution >= 0.6 is 12.2 Å². The molecule has 1 aliphatic carbocycles. The minimum atomic E-state index is -0.481. The van der Waals surface area contributed by atoms with Gasteiger partial charge in [0.15, 0.2) is 0 Å². The fourth-order valence-corrected chi connectivity index (χ4v) is 3.04. The van der Waals surface area contributed by atoms with Crippen molar-refractivity contribution in [2.75, 3.05) is 6.61 Å². The van der Waals surface area contributed by atoms with E-state index in [1.165, 1.54) is 0 Å². The SMILES string of the molecule is CC1CCC(NC(=O)C2CCCO2)(C(N)=S)CC1. The molecule has 2 aliphatic rings. The van der Waals surface area contributed by atoms with Crippen LogP contribution < -0.4 is 11.1 Å². The van der Waals surface area contributed by atoms with Gasteiger partial charge in [0.1, 0.15) is 6.10 Å². The number of ether oxygens (including phenoxy) is 1. The molecule has 3 N–H and O–H groups in total. The summed E-state index contributed by atoms with van der Waals surface area (Å²) in [6.45, 7) is 2.90. The van der Waals surface area contributed by atoms with Crippen LogP contribution in [0.4, 0.5) is 0 Å². The number of nitrogens with two attached hydrogens (primary N) is 1. The Hall–Kier alpha value is -0.680. The van der Waals surface area contributed by atoms with E-state index in [0.717, 1.165) is 38.5 Å². The average molecular weight is 270 g/mol. The molecule has 2 rings (SSSR count). The lowest BCUT2D eigenvalue weighted by molar-refractivity contribution is -0.131. The van der Waals surface area contributed by atoms with Crippen LogP contribution in [0.2, 0.25) is 0 Å². The van der Waals surface area contributed by atoms with Crippen LogP contribution in [0.25, 0.3) is 0 Å². The van der Waals surface area contributed by atoms with Gasteiger partial charge in [0.2, 0.25) is 5.91 Å². The molecule has 1 atom stereocenters. The highest BCUT2D eigenvalue weighted by atomic mass is 32.1. The maximum absolute atomic E-state index is 12.2. The van der Waals surface area contributed by atoms with E-state index in [9.17, 15) is 4.79 Å². The predicted octanol–water partition coefficient (Wildman–Crippen LogP) is 1.52. The minimum absolute atomic E-state index is 0.0464. The third-order valence-electron chi connectivity index (χ3n) is 4.18. The van der Waals surface area contributed by atoms with Crippen LogP contribution in [0.5, 0.6) is 0 Å². The van der Waals surface area contributed by atoms with Gasteiger partial charge in [-0.05, 0) is 44.4 Å². The molecule has 1 aliphatic heterocycles. The van der Waals surface area contributed by atoms with Crippen LogP contribution in [0.3, 0.4) is 0 Å². The minimum Gasteiger partial charge on any atom is -0.391 e. The smallest absolute Gasteiger partial charge is 0.249 e. The van der Waals surface area contributed by atoms with Gasteiger partial charge in [0.05, 0.1) is 10.5 Å². The van der Waals surface area contributed by atoms with Crippen molar-refractivity contribution in [3.63, 3.8) is 0 Å². The summed E-state index contributed by atoms with van der Waals surface area (Å²) in [6.07, 6.45) is 5.26. The molecule has 0 radical (unpaired) electrons. The first kappa shape index (κ1) is 13.7. The topological polar surface area (TPSA) is 64.3 Å². The predicted molar refractivity (Wildman–Crippen MR) is 74.3 cm³/mol. The van der Waals surface area contributed by atoms with Crippen LogP contribution in [-0.2, 0) is 9.53 Å². The summed E-state index contributed by atoms with van der Waals surface area (Å²) in [5.74, 6) is 0.641. The Balaban J connectivity index is 2.01. The quantitative estimate of drug-likeness (QED) is 0.763. The van der Waals surface area contributed by atoms with E-state index in [1.807, 2.05) is 0 Å². The molecule has 0 aromatic rings. The lowest BCUT2D eigenvalue weighted by Crippen LogP contribution is -2.60. The lowest BCUT2D eigenvalue weighted by atomic mass is 9.77. The van der Waals surface area contributed by atoms with Crippen molar-refractivity contribution < 1.29 is 9.53 Å². The van der Waals surface area contributed by atoms with Crippen molar-refractivity contribution in [3.05, 3.63) is 0 Å². The van der Waals surface area contributed by atoms with E-state index in [1.54, 1.807) is 0 Å². The molecule has 4 nitrogen and oxygen atoms in total. The van der Waals surface area contributed by atoms with Crippen molar-refractivity contribution >= 4 is 23.1 Å². The molecule has 0 spiro atoms. The molecule has 1 unspecified atom stereocenters. The Morgan fingerprint density at radius 1 is 1.39 bits per heavy atom. The zero-order valence-electron chi connectivity index (χ0n) is 10.9. The van der Waals surface area contributed by atoms with Crippen LogP contribution in [0, 0.1) is 5.92 Å². The molecule has 0 aromatic heterocycles. The van der Waals surface area contributed by atoms with Gasteiger partial charge in [-0.1, -0.05) is 19.1 Å². The van der Waals surface area contributed by atoms with E-state index in [4.69, 9.17) is 22.7 Å². The third-order valence-corrected chi connectivity index (χ3v) is 4.57. The average Bonchev–Trinajstić information content (AvgIpc) is 2.85. The summed E-state index contributed by atoms with van der Waals surface area (Å²) < 4.78 is 5.41. The normalized spacial score (nSPS) is 36.3. The van der Waals surface area contributed by atoms with E-state index < -0.39 is 5.54 Å². The maximum Gasteiger partial charge on any atom is 0.249 e. The monoisotopic (exact) mass is 270 g/mol. The second-order valence-electron chi connectivity index (χ2n) is 5.62. The summed E-state index contributed by atoms with van der Waals surface area (Å²) in [4.78, 5) is 12.6. The fourth-order valence-electron chi connectivity index (χ4n) is 2.79. The maximum atomic E-state index is 12.2. The van der Waals surface area contributed by atoms with Crippen molar-refractivity contribution in [1.82, 2.24) is 5.32 Å². The Morgan fingerprint density at radius 2 is 2.06 bits per heavy atom. The first-order valence-corrected chi connectivity index (χ1v) is 7.18. The highest BCUT2D eigenvalue weighted by Gasteiger charge is 2.40. The van der Waals surface area contributed by atoms with Crippen molar-refractivity contribution in [2.24, 2.45) is 11.7 Å². The first-order chi connectivity index (χ1) is 8.53. The van der Waals surface area contributed by atoms with Crippen LogP contribution in [-0.4, -0.2) is 29.1 Å². The number of hydrogen-bond acceptors (Lipinski definition) is 3. The molecule has 1 heterocycles. The second-order valence-corrected chi connectivity index (χ2v) is 6.06. The number of hydrogen-bond donors (Lipinski definition) is 2. The fraction of sp³-hybridized carbons (Fsp3) is 0.846. The molecule has 102 valence electrons. The molecular weight excluding hydrogens is 248 g/mol. The summed E-state index contributed by atoms with van der Waals surface area (Å²) in [5.41, 5.74) is 5.39. The van der Waals surface area contributed by atoms with Crippen molar-refractivity contribution in [1.29, 1.82) is 0 Å². The molecule has 0 bridgehead atoms. The Kier molecular flexibility index (Phi) is 4.22. The van der Waals surface area contributed by atoms with Gasteiger partial charge in [-0.2, -0.15) is 0 Å². The standard InChI is InChI=1S/C13H22N2O2S/c1-9-4-6-13(7-5-9,12(14)18)15-11(16)10-3-2-8-17-10/h9-10H,2-8H2,1H3,(H2,14,18)(H,15,16). The highest BCUT2D eigenvalue weighted by Crippen LogP contribution is 2.32.